The first kappa shape index (κ1) is 25.1. The summed E-state index contributed by atoms with van der Waals surface area (Å²) < 4.78 is 0.947. The number of hydrogen-bond donors (Lipinski definition) is 1. The fourth-order valence-electron chi connectivity index (χ4n) is 5.15. The summed E-state index contributed by atoms with van der Waals surface area (Å²) in [4.78, 5) is 37.6. The number of ketones is 1. The molecule has 1 saturated heterocycles. The van der Waals surface area contributed by atoms with Crippen LogP contribution in [0, 0.1) is 16.7 Å². The maximum atomic E-state index is 14.0. The van der Waals surface area contributed by atoms with E-state index in [4.69, 9.17) is 11.6 Å². The van der Waals surface area contributed by atoms with Crippen LogP contribution < -0.4 is 4.90 Å². The first-order valence-electron chi connectivity index (χ1n) is 11.4. The third-order valence-electron chi connectivity index (χ3n) is 6.88. The molecule has 4 rings (SSSR count). The molecular weight excluding hydrogens is 534 g/mol. The molecule has 0 saturated carbocycles. The third kappa shape index (κ3) is 4.91. The molecule has 0 unspecified atom stereocenters. The molecule has 1 aromatic heterocycles. The van der Waals surface area contributed by atoms with Gasteiger partial charge in [-0.05, 0) is 48.9 Å². The van der Waals surface area contributed by atoms with E-state index in [1.165, 1.54) is 4.90 Å². The van der Waals surface area contributed by atoms with Gasteiger partial charge in [0, 0.05) is 35.1 Å². The quantitative estimate of drug-likeness (QED) is 0.396. The molecule has 2 heterocycles. The van der Waals surface area contributed by atoms with Gasteiger partial charge in [0.05, 0.1) is 18.5 Å². The third-order valence-corrected chi connectivity index (χ3v) is 7.83. The number of hydrogen-bond acceptors (Lipinski definition) is 6. The van der Waals surface area contributed by atoms with E-state index < -0.39 is 17.6 Å². The molecule has 2 aromatic rings. The van der Waals surface area contributed by atoms with Gasteiger partial charge < -0.3 is 14.9 Å². The molecule has 1 amide bonds. The maximum absolute atomic E-state index is 14.0. The molecule has 10 heteroatoms. The lowest BCUT2D eigenvalue weighted by molar-refractivity contribution is 0.0750. The molecule has 2 aliphatic rings. The van der Waals surface area contributed by atoms with Gasteiger partial charge in [0.2, 0.25) is 5.28 Å². The number of allylic oxidation sites excluding steroid dienone is 1. The Bertz CT molecular complexity index is 1220. The highest BCUT2D eigenvalue weighted by atomic mass is 79.9. The molecule has 2 atom stereocenters. The largest absolute Gasteiger partial charge is 0.465 e. The molecule has 1 aliphatic heterocycles. The van der Waals surface area contributed by atoms with Crippen LogP contribution in [0.2, 0.25) is 5.28 Å². The number of benzene rings is 1. The van der Waals surface area contributed by atoms with Crippen LogP contribution in [0.5, 0.6) is 0 Å². The van der Waals surface area contributed by atoms with Gasteiger partial charge in [0.1, 0.15) is 11.5 Å². The van der Waals surface area contributed by atoms with Crippen molar-refractivity contribution in [2.75, 3.05) is 24.5 Å². The van der Waals surface area contributed by atoms with Crippen molar-refractivity contribution in [3.63, 3.8) is 0 Å². The van der Waals surface area contributed by atoms with Crippen LogP contribution in [-0.4, -0.2) is 57.5 Å². The zero-order valence-electron chi connectivity index (χ0n) is 19.1. The van der Waals surface area contributed by atoms with E-state index in [0.717, 1.165) is 15.6 Å². The summed E-state index contributed by atoms with van der Waals surface area (Å²) in [7, 11) is 0. The normalized spacial score (nSPS) is 21.9. The second-order valence-corrected chi connectivity index (χ2v) is 10.1. The SMILES string of the molecule is C=CC[C@@]1(Cc2ccccc2Br)CCc2c(nc(Cl)nc2N2CCN(C(=O)O)[C@@H](CC#N)C2)C1=O. The smallest absolute Gasteiger partial charge is 0.407 e. The minimum Gasteiger partial charge on any atom is -0.465 e. The molecule has 1 N–H and O–H groups in total. The Kier molecular flexibility index (Phi) is 7.43. The Morgan fingerprint density at radius 2 is 2.14 bits per heavy atom. The monoisotopic (exact) mass is 557 g/mol. The molecule has 8 nitrogen and oxygen atoms in total. The van der Waals surface area contributed by atoms with Gasteiger partial charge in [0.15, 0.2) is 5.78 Å². The van der Waals surface area contributed by atoms with Crippen molar-refractivity contribution < 1.29 is 14.7 Å². The number of rotatable bonds is 6. The number of carbonyl (C=O) groups excluding carboxylic acids is 1. The number of carboxylic acid groups (broad SMARTS) is 1. The summed E-state index contributed by atoms with van der Waals surface area (Å²) >= 11 is 9.91. The van der Waals surface area contributed by atoms with Crippen LogP contribution in [0.4, 0.5) is 10.6 Å². The molecule has 1 aliphatic carbocycles. The molecule has 0 radical (unpaired) electrons. The van der Waals surface area contributed by atoms with E-state index in [-0.39, 0.29) is 24.0 Å². The van der Waals surface area contributed by atoms with Gasteiger partial charge in [-0.1, -0.05) is 40.2 Å². The number of piperazine rings is 1. The van der Waals surface area contributed by atoms with Crippen molar-refractivity contribution in [2.45, 2.75) is 38.1 Å². The van der Waals surface area contributed by atoms with Crippen LogP contribution in [0.1, 0.15) is 40.9 Å². The number of carbonyl (C=O) groups is 2. The molecule has 1 aromatic carbocycles. The van der Waals surface area contributed by atoms with E-state index in [9.17, 15) is 20.0 Å². The van der Waals surface area contributed by atoms with Gasteiger partial charge in [-0.15, -0.1) is 6.58 Å². The zero-order valence-corrected chi connectivity index (χ0v) is 21.4. The highest BCUT2D eigenvalue weighted by Crippen LogP contribution is 2.44. The van der Waals surface area contributed by atoms with Crippen LogP contribution >= 0.6 is 27.5 Å². The van der Waals surface area contributed by atoms with E-state index >= 15 is 0 Å². The second kappa shape index (κ2) is 10.3. The Morgan fingerprint density at radius 1 is 1.37 bits per heavy atom. The van der Waals surface area contributed by atoms with Crippen LogP contribution in [0.3, 0.4) is 0 Å². The van der Waals surface area contributed by atoms with Crippen molar-refractivity contribution in [3.8, 4) is 6.07 Å². The molecular formula is C25H25BrClN5O3. The van der Waals surface area contributed by atoms with Crippen molar-refractivity contribution >= 4 is 45.2 Å². The van der Waals surface area contributed by atoms with Gasteiger partial charge in [-0.2, -0.15) is 5.26 Å². The van der Waals surface area contributed by atoms with Crippen LogP contribution in [0.25, 0.3) is 0 Å². The van der Waals surface area contributed by atoms with Crippen LogP contribution in [-0.2, 0) is 12.8 Å². The van der Waals surface area contributed by atoms with E-state index in [1.54, 1.807) is 6.08 Å². The fourth-order valence-corrected chi connectivity index (χ4v) is 5.74. The van der Waals surface area contributed by atoms with Crippen LogP contribution in [0.15, 0.2) is 41.4 Å². The molecule has 182 valence electrons. The number of nitriles is 1. The van der Waals surface area contributed by atoms with Crippen molar-refractivity contribution in [2.24, 2.45) is 5.41 Å². The van der Waals surface area contributed by atoms with Gasteiger partial charge in [-0.3, -0.25) is 4.79 Å². The minimum atomic E-state index is -1.05. The average Bonchev–Trinajstić information content (AvgIpc) is 2.83. The summed E-state index contributed by atoms with van der Waals surface area (Å²) in [6.07, 6.45) is 3.01. The van der Waals surface area contributed by atoms with Gasteiger partial charge in [0.25, 0.3) is 0 Å². The minimum absolute atomic E-state index is 0.0279. The summed E-state index contributed by atoms with van der Waals surface area (Å²) in [6.45, 7) is 4.81. The first-order valence-corrected chi connectivity index (χ1v) is 12.5. The Morgan fingerprint density at radius 3 is 2.83 bits per heavy atom. The van der Waals surface area contributed by atoms with Gasteiger partial charge >= 0.3 is 6.09 Å². The number of fused-ring (bicyclic) bond motifs is 1. The molecule has 35 heavy (non-hydrogen) atoms. The number of anilines is 1. The number of aromatic nitrogens is 2. The standard InChI is InChI=1S/C25H25BrClN5O3/c1-2-9-25(14-16-5-3-4-6-19(16)26)10-7-18-20(21(25)33)29-23(27)30-22(18)31-12-13-32(24(34)35)17(15-31)8-11-28/h2-6,17H,1,7-10,12-15H2,(H,34,35)/t17-,25-/m0/s1. The first-order chi connectivity index (χ1) is 16.8. The van der Waals surface area contributed by atoms with E-state index in [1.807, 2.05) is 29.2 Å². The van der Waals surface area contributed by atoms with Crippen molar-refractivity contribution in [1.82, 2.24) is 14.9 Å². The number of halogens is 2. The molecule has 1 fully saturated rings. The topological polar surface area (TPSA) is 110 Å². The Hall–Kier alpha value is -2.96. The predicted molar refractivity (Wildman–Crippen MR) is 136 cm³/mol. The maximum Gasteiger partial charge on any atom is 0.407 e. The number of amides is 1. The lowest BCUT2D eigenvalue weighted by Gasteiger charge is -2.41. The molecule has 0 spiro atoms. The number of nitrogens with zero attached hydrogens (tertiary/aromatic N) is 5. The van der Waals surface area contributed by atoms with E-state index in [2.05, 4.69) is 38.5 Å². The average molecular weight is 559 g/mol. The van der Waals surface area contributed by atoms with E-state index in [0.29, 0.717) is 50.3 Å². The highest BCUT2D eigenvalue weighted by Gasteiger charge is 2.45. The summed E-state index contributed by atoms with van der Waals surface area (Å²) in [5.74, 6) is 0.465. The van der Waals surface area contributed by atoms with Crippen molar-refractivity contribution in [3.05, 3.63) is 63.5 Å². The van der Waals surface area contributed by atoms with Gasteiger partial charge in [-0.25, -0.2) is 14.8 Å². The Labute approximate surface area is 217 Å². The lowest BCUT2D eigenvalue weighted by atomic mass is 9.66. The second-order valence-electron chi connectivity index (χ2n) is 8.95. The van der Waals surface area contributed by atoms with Crippen molar-refractivity contribution in [1.29, 1.82) is 5.26 Å². The summed E-state index contributed by atoms with van der Waals surface area (Å²) in [6, 6.07) is 9.44. The highest BCUT2D eigenvalue weighted by molar-refractivity contribution is 9.10. The summed E-state index contributed by atoms with van der Waals surface area (Å²) in [5.41, 5.74) is 1.39. The molecule has 0 bridgehead atoms. The lowest BCUT2D eigenvalue weighted by Crippen LogP contribution is -2.55. The summed E-state index contributed by atoms with van der Waals surface area (Å²) in [5, 5.41) is 18.7. The predicted octanol–water partition coefficient (Wildman–Crippen LogP) is 4.91. The number of Topliss-reactive ketones (excluding diaryl/α,β-unsaturated/α-hetero) is 1. The zero-order chi connectivity index (χ0) is 25.2. The Balaban J connectivity index is 1.70. The fraction of sp³-hybridized carbons (Fsp3) is 0.400.